The first-order valence-corrected chi connectivity index (χ1v) is 6.62. The first-order chi connectivity index (χ1) is 8.35. The lowest BCUT2D eigenvalue weighted by atomic mass is 10.1. The fourth-order valence-electron chi connectivity index (χ4n) is 2.28. The maximum Gasteiger partial charge on any atom is 0.224 e. The van der Waals surface area contributed by atoms with Gasteiger partial charge in [-0.25, -0.2) is 0 Å². The van der Waals surface area contributed by atoms with E-state index in [0.717, 1.165) is 44.3 Å². The monoisotopic (exact) mass is 238 g/mol. The molecule has 0 amide bonds. The molecular formula is C12H22N4O. The van der Waals surface area contributed by atoms with Crippen molar-refractivity contribution in [1.82, 2.24) is 14.8 Å². The summed E-state index contributed by atoms with van der Waals surface area (Å²) >= 11 is 0. The van der Waals surface area contributed by atoms with E-state index in [4.69, 9.17) is 4.74 Å². The van der Waals surface area contributed by atoms with Crippen molar-refractivity contribution in [2.45, 2.75) is 52.2 Å². The number of hydrogen-bond donors (Lipinski definition) is 1. The van der Waals surface area contributed by atoms with Gasteiger partial charge in [0.2, 0.25) is 5.95 Å². The molecule has 0 radical (unpaired) electrons. The maximum atomic E-state index is 5.75. The predicted octanol–water partition coefficient (Wildman–Crippen LogP) is 1.84. The highest BCUT2D eigenvalue weighted by Gasteiger charge is 2.18. The summed E-state index contributed by atoms with van der Waals surface area (Å²) in [4.78, 5) is 0. The third kappa shape index (κ3) is 2.97. The van der Waals surface area contributed by atoms with Gasteiger partial charge in [-0.15, -0.1) is 10.2 Å². The molecule has 1 atom stereocenters. The largest absolute Gasteiger partial charge is 0.378 e. The summed E-state index contributed by atoms with van der Waals surface area (Å²) in [6.45, 7) is 6.86. The van der Waals surface area contributed by atoms with Crippen LogP contribution in [0.3, 0.4) is 0 Å². The average molecular weight is 238 g/mol. The molecule has 1 saturated heterocycles. The van der Waals surface area contributed by atoms with E-state index >= 15 is 0 Å². The second-order valence-electron chi connectivity index (χ2n) is 4.41. The topological polar surface area (TPSA) is 52.0 Å². The van der Waals surface area contributed by atoms with Crippen molar-refractivity contribution in [3.05, 3.63) is 5.82 Å². The van der Waals surface area contributed by atoms with E-state index in [-0.39, 0.29) is 0 Å². The highest BCUT2D eigenvalue weighted by molar-refractivity contribution is 5.25. The molecule has 5 heteroatoms. The van der Waals surface area contributed by atoms with E-state index in [1.807, 2.05) is 0 Å². The number of aromatic nitrogens is 3. The van der Waals surface area contributed by atoms with Crippen molar-refractivity contribution >= 4 is 5.95 Å². The predicted molar refractivity (Wildman–Crippen MR) is 67.2 cm³/mol. The molecule has 5 nitrogen and oxygen atoms in total. The van der Waals surface area contributed by atoms with E-state index in [0.29, 0.717) is 6.10 Å². The molecule has 1 unspecified atom stereocenters. The summed E-state index contributed by atoms with van der Waals surface area (Å²) in [7, 11) is 0. The van der Waals surface area contributed by atoms with Crippen LogP contribution in [0.25, 0.3) is 0 Å². The lowest BCUT2D eigenvalue weighted by molar-refractivity contribution is 0.0151. The smallest absolute Gasteiger partial charge is 0.224 e. The third-order valence-corrected chi connectivity index (χ3v) is 3.16. The Kier molecular flexibility index (Phi) is 4.36. The van der Waals surface area contributed by atoms with Gasteiger partial charge in [-0.2, -0.15) is 0 Å². The maximum absolute atomic E-state index is 5.75. The van der Waals surface area contributed by atoms with Crippen molar-refractivity contribution in [2.24, 2.45) is 0 Å². The van der Waals surface area contributed by atoms with Crippen LogP contribution in [0.4, 0.5) is 5.95 Å². The summed E-state index contributed by atoms with van der Waals surface area (Å²) in [5.41, 5.74) is 0. The number of nitrogens with zero attached hydrogens (tertiary/aromatic N) is 3. The molecule has 0 bridgehead atoms. The van der Waals surface area contributed by atoms with Gasteiger partial charge >= 0.3 is 0 Å². The van der Waals surface area contributed by atoms with Crippen LogP contribution < -0.4 is 5.32 Å². The molecule has 2 rings (SSSR count). The van der Waals surface area contributed by atoms with E-state index in [9.17, 15) is 0 Å². The van der Waals surface area contributed by atoms with Crippen LogP contribution in [-0.2, 0) is 17.7 Å². The zero-order chi connectivity index (χ0) is 12.1. The average Bonchev–Trinajstić information content (AvgIpc) is 2.73. The summed E-state index contributed by atoms with van der Waals surface area (Å²) < 4.78 is 7.89. The van der Waals surface area contributed by atoms with Crippen molar-refractivity contribution < 1.29 is 4.74 Å². The minimum Gasteiger partial charge on any atom is -0.378 e. The summed E-state index contributed by atoms with van der Waals surface area (Å²) in [6, 6.07) is 0. The molecule has 17 heavy (non-hydrogen) atoms. The first-order valence-electron chi connectivity index (χ1n) is 6.62. The van der Waals surface area contributed by atoms with Crippen molar-refractivity contribution in [3.63, 3.8) is 0 Å². The minimum absolute atomic E-state index is 0.327. The Morgan fingerprint density at radius 1 is 1.35 bits per heavy atom. The lowest BCUT2D eigenvalue weighted by Gasteiger charge is -2.22. The van der Waals surface area contributed by atoms with Crippen LogP contribution in [0, 0.1) is 0 Å². The van der Waals surface area contributed by atoms with Crippen LogP contribution >= 0.6 is 0 Å². The van der Waals surface area contributed by atoms with E-state index in [1.54, 1.807) is 0 Å². The first kappa shape index (κ1) is 12.4. The van der Waals surface area contributed by atoms with Crippen LogP contribution in [0.15, 0.2) is 0 Å². The van der Waals surface area contributed by atoms with Crippen LogP contribution in [-0.4, -0.2) is 34.0 Å². The number of rotatable bonds is 5. The second kappa shape index (κ2) is 6.00. The third-order valence-electron chi connectivity index (χ3n) is 3.16. The lowest BCUT2D eigenvalue weighted by Crippen LogP contribution is -2.23. The van der Waals surface area contributed by atoms with Gasteiger partial charge < -0.3 is 10.1 Å². The van der Waals surface area contributed by atoms with Gasteiger partial charge in [-0.05, 0) is 33.1 Å². The number of nitrogens with one attached hydrogen (secondary N) is 1. The zero-order valence-corrected chi connectivity index (χ0v) is 10.8. The highest BCUT2D eigenvalue weighted by atomic mass is 16.5. The van der Waals surface area contributed by atoms with E-state index in [1.165, 1.54) is 12.8 Å². The standard InChI is InChI=1S/C12H22N4O/c1-3-13-12-15-14-11(16(12)4-2)9-10-7-5-6-8-17-10/h10H,3-9H2,1-2H3,(H,13,15). The Bertz CT molecular complexity index is 344. The van der Waals surface area contributed by atoms with E-state index < -0.39 is 0 Å². The minimum atomic E-state index is 0.327. The van der Waals surface area contributed by atoms with Gasteiger partial charge in [-0.1, -0.05) is 0 Å². The van der Waals surface area contributed by atoms with Gasteiger partial charge in [0.05, 0.1) is 6.10 Å². The summed E-state index contributed by atoms with van der Waals surface area (Å²) in [5, 5.41) is 11.7. The molecule has 1 N–H and O–H groups in total. The number of hydrogen-bond acceptors (Lipinski definition) is 4. The fourth-order valence-corrected chi connectivity index (χ4v) is 2.28. The van der Waals surface area contributed by atoms with Gasteiger partial charge in [0.25, 0.3) is 0 Å². The molecule has 1 aliphatic heterocycles. The molecule has 0 spiro atoms. The van der Waals surface area contributed by atoms with Gasteiger partial charge in [0, 0.05) is 26.1 Å². The van der Waals surface area contributed by atoms with Gasteiger partial charge in [0.1, 0.15) is 5.82 Å². The Labute approximate surface area is 103 Å². The fraction of sp³-hybridized carbons (Fsp3) is 0.833. The molecule has 0 aromatic carbocycles. The van der Waals surface area contributed by atoms with Crippen LogP contribution in [0.5, 0.6) is 0 Å². The SMILES string of the molecule is CCNc1nnc(CC2CCCCO2)n1CC. The summed E-state index contributed by atoms with van der Waals surface area (Å²) in [5.74, 6) is 1.91. The molecule has 1 aliphatic rings. The van der Waals surface area contributed by atoms with Crippen molar-refractivity contribution in [2.75, 3.05) is 18.5 Å². The Balaban J connectivity index is 2.03. The zero-order valence-electron chi connectivity index (χ0n) is 10.8. The molecular weight excluding hydrogens is 216 g/mol. The molecule has 1 aromatic heterocycles. The molecule has 1 fully saturated rings. The van der Waals surface area contributed by atoms with Crippen molar-refractivity contribution in [3.8, 4) is 0 Å². The number of ether oxygens (including phenoxy) is 1. The Morgan fingerprint density at radius 2 is 2.24 bits per heavy atom. The molecule has 0 saturated carbocycles. The van der Waals surface area contributed by atoms with Crippen LogP contribution in [0.1, 0.15) is 38.9 Å². The molecule has 0 aliphatic carbocycles. The number of anilines is 1. The van der Waals surface area contributed by atoms with Crippen LogP contribution in [0.2, 0.25) is 0 Å². The normalized spacial score (nSPS) is 20.5. The molecule has 2 heterocycles. The van der Waals surface area contributed by atoms with E-state index in [2.05, 4.69) is 33.9 Å². The summed E-state index contributed by atoms with van der Waals surface area (Å²) in [6.07, 6.45) is 4.82. The van der Waals surface area contributed by atoms with Gasteiger partial charge in [0.15, 0.2) is 0 Å². The van der Waals surface area contributed by atoms with Gasteiger partial charge in [-0.3, -0.25) is 4.57 Å². The molecule has 96 valence electrons. The Morgan fingerprint density at radius 3 is 2.88 bits per heavy atom. The highest BCUT2D eigenvalue weighted by Crippen LogP contribution is 2.18. The van der Waals surface area contributed by atoms with Crippen molar-refractivity contribution in [1.29, 1.82) is 0 Å². The molecule has 1 aromatic rings. The quantitative estimate of drug-likeness (QED) is 0.850. The Hall–Kier alpha value is -1.10. The second-order valence-corrected chi connectivity index (χ2v) is 4.41.